The highest BCUT2D eigenvalue weighted by molar-refractivity contribution is 7.11. The minimum atomic E-state index is 0.168. The Morgan fingerprint density at radius 3 is 2.87 bits per heavy atom. The lowest BCUT2D eigenvalue weighted by Gasteiger charge is -2.20. The molecule has 0 N–H and O–H groups in total. The van der Waals surface area contributed by atoms with Crippen molar-refractivity contribution in [2.24, 2.45) is 17.8 Å². The van der Waals surface area contributed by atoms with E-state index in [0.717, 1.165) is 30.1 Å². The largest absolute Gasteiger partial charge is 0.337 e. The van der Waals surface area contributed by atoms with Crippen molar-refractivity contribution in [2.45, 2.75) is 26.2 Å². The molecule has 2 aliphatic rings. The second-order valence-electron chi connectivity index (χ2n) is 6.69. The lowest BCUT2D eigenvalue weighted by Crippen LogP contribution is -2.30. The number of hydrogen-bond donors (Lipinski definition) is 0. The quantitative estimate of drug-likeness (QED) is 0.869. The number of carbonyl (C=O) groups is 1. The van der Waals surface area contributed by atoms with Crippen LogP contribution < -0.4 is 0 Å². The maximum Gasteiger partial charge on any atom is 0.265 e. The molecular weight excluding hydrogens is 308 g/mol. The summed E-state index contributed by atoms with van der Waals surface area (Å²) in [5.74, 6) is 2.08. The summed E-state index contributed by atoms with van der Waals surface area (Å²) in [7, 11) is 0. The summed E-state index contributed by atoms with van der Waals surface area (Å²) in [5.41, 5.74) is 3.83. The summed E-state index contributed by atoms with van der Waals surface area (Å²) >= 11 is 1.46. The van der Waals surface area contributed by atoms with E-state index in [0.29, 0.717) is 17.8 Å². The molecule has 0 radical (unpaired) electrons. The number of amides is 1. The van der Waals surface area contributed by atoms with Gasteiger partial charge in [0, 0.05) is 25.5 Å². The Kier molecular flexibility index (Phi) is 3.85. The molecule has 5 nitrogen and oxygen atoms in total. The first-order valence-electron chi connectivity index (χ1n) is 8.15. The lowest BCUT2D eigenvalue weighted by atomic mass is 9.88. The molecule has 120 valence electrons. The van der Waals surface area contributed by atoms with Gasteiger partial charge >= 0.3 is 0 Å². The van der Waals surface area contributed by atoms with Gasteiger partial charge in [-0.3, -0.25) is 4.79 Å². The highest BCUT2D eigenvalue weighted by atomic mass is 32.1. The van der Waals surface area contributed by atoms with E-state index in [4.69, 9.17) is 0 Å². The first-order valence-corrected chi connectivity index (χ1v) is 9.03. The maximum atomic E-state index is 12.7. The first kappa shape index (κ1) is 14.8. The number of likely N-dealkylation sites (tertiary alicyclic amines) is 1. The van der Waals surface area contributed by atoms with Crippen molar-refractivity contribution in [1.29, 1.82) is 0 Å². The zero-order chi connectivity index (χ0) is 15.8. The molecule has 0 bridgehead atoms. The Labute approximate surface area is 139 Å². The third kappa shape index (κ3) is 2.76. The van der Waals surface area contributed by atoms with E-state index in [1.165, 1.54) is 29.7 Å². The predicted octanol–water partition coefficient (Wildman–Crippen LogP) is 2.58. The molecule has 0 unspecified atom stereocenters. The van der Waals surface area contributed by atoms with E-state index in [9.17, 15) is 4.79 Å². The van der Waals surface area contributed by atoms with Crippen molar-refractivity contribution in [3.8, 4) is 0 Å². The van der Waals surface area contributed by atoms with Gasteiger partial charge in [0.2, 0.25) is 0 Å². The number of thiazole rings is 1. The van der Waals surface area contributed by atoms with Crippen molar-refractivity contribution in [2.75, 3.05) is 13.1 Å². The van der Waals surface area contributed by atoms with Gasteiger partial charge in [-0.05, 0) is 49.5 Å². The zero-order valence-corrected chi connectivity index (χ0v) is 14.0. The van der Waals surface area contributed by atoms with E-state index in [2.05, 4.69) is 15.0 Å². The van der Waals surface area contributed by atoms with Crippen LogP contribution in [-0.4, -0.2) is 38.8 Å². The van der Waals surface area contributed by atoms with E-state index < -0.39 is 0 Å². The topological polar surface area (TPSA) is 59.0 Å². The van der Waals surface area contributed by atoms with Crippen LogP contribution in [0.4, 0.5) is 0 Å². The minimum Gasteiger partial charge on any atom is -0.337 e. The maximum absolute atomic E-state index is 12.7. The average Bonchev–Trinajstić information content (AvgIpc) is 3.25. The smallest absolute Gasteiger partial charge is 0.265 e. The summed E-state index contributed by atoms with van der Waals surface area (Å²) < 4.78 is 0. The van der Waals surface area contributed by atoms with Gasteiger partial charge in [-0.1, -0.05) is 0 Å². The number of aryl methyl sites for hydroxylation is 1. The van der Waals surface area contributed by atoms with Gasteiger partial charge < -0.3 is 4.90 Å². The second kappa shape index (κ2) is 6.00. The molecule has 2 aromatic heterocycles. The molecule has 0 spiro atoms. The predicted molar refractivity (Wildman–Crippen MR) is 88.2 cm³/mol. The van der Waals surface area contributed by atoms with Crippen LogP contribution in [0.15, 0.2) is 24.2 Å². The molecule has 1 amide bonds. The van der Waals surface area contributed by atoms with Gasteiger partial charge in [0.1, 0.15) is 11.2 Å². The molecule has 1 aliphatic carbocycles. The third-order valence-corrected chi connectivity index (χ3v) is 6.26. The number of aromatic nitrogens is 3. The van der Waals surface area contributed by atoms with Crippen molar-refractivity contribution < 1.29 is 4.79 Å². The monoisotopic (exact) mass is 328 g/mol. The van der Waals surface area contributed by atoms with Crippen LogP contribution >= 0.6 is 11.3 Å². The summed E-state index contributed by atoms with van der Waals surface area (Å²) in [5, 5.41) is 0. The summed E-state index contributed by atoms with van der Waals surface area (Å²) in [6.45, 7) is 3.71. The van der Waals surface area contributed by atoms with Crippen LogP contribution in [0.5, 0.6) is 0 Å². The van der Waals surface area contributed by atoms with Gasteiger partial charge in [0.15, 0.2) is 0 Å². The average molecular weight is 328 g/mol. The number of fused-ring (bicyclic) bond motifs is 1. The van der Waals surface area contributed by atoms with Gasteiger partial charge in [-0.15, -0.1) is 11.3 Å². The highest BCUT2D eigenvalue weighted by Gasteiger charge is 2.44. The molecule has 6 heteroatoms. The summed E-state index contributed by atoms with van der Waals surface area (Å²) in [6.07, 6.45) is 8.93. The Balaban J connectivity index is 1.45. The standard InChI is InChI=1S/C17H20N4OS/c1-11-16(23-10-20-11)17(22)21-7-14-3-2-13(15(14)8-21)4-12-5-18-9-19-6-12/h5-6,9-10,13-15H,2-4,7-8H2,1H3/t13-,14-,15-/m1/s1. The molecule has 4 rings (SSSR count). The molecule has 1 saturated carbocycles. The fraction of sp³-hybridized carbons (Fsp3) is 0.529. The molecule has 1 saturated heterocycles. The van der Waals surface area contributed by atoms with Crippen molar-refractivity contribution in [1.82, 2.24) is 19.9 Å². The van der Waals surface area contributed by atoms with Gasteiger partial charge in [-0.2, -0.15) is 0 Å². The molecular formula is C17H20N4OS. The van der Waals surface area contributed by atoms with E-state index in [1.807, 2.05) is 24.2 Å². The fourth-order valence-electron chi connectivity index (χ4n) is 4.19. The van der Waals surface area contributed by atoms with Gasteiger partial charge in [0.25, 0.3) is 5.91 Å². The van der Waals surface area contributed by atoms with Crippen LogP contribution in [0.25, 0.3) is 0 Å². The molecule has 3 heterocycles. The lowest BCUT2D eigenvalue weighted by molar-refractivity contribution is 0.0780. The highest BCUT2D eigenvalue weighted by Crippen LogP contribution is 2.44. The second-order valence-corrected chi connectivity index (χ2v) is 7.54. The molecule has 1 aliphatic heterocycles. The summed E-state index contributed by atoms with van der Waals surface area (Å²) in [4.78, 5) is 28.0. The van der Waals surface area contributed by atoms with E-state index in [1.54, 1.807) is 11.8 Å². The molecule has 23 heavy (non-hydrogen) atoms. The van der Waals surface area contributed by atoms with E-state index in [-0.39, 0.29) is 5.91 Å². The Hall–Kier alpha value is -1.82. The fourth-order valence-corrected chi connectivity index (χ4v) is 4.96. The van der Waals surface area contributed by atoms with Crippen molar-refractivity contribution in [3.63, 3.8) is 0 Å². The Morgan fingerprint density at radius 1 is 1.30 bits per heavy atom. The normalized spacial score (nSPS) is 26.5. The molecule has 2 fully saturated rings. The van der Waals surface area contributed by atoms with Crippen molar-refractivity contribution in [3.05, 3.63) is 40.4 Å². The zero-order valence-electron chi connectivity index (χ0n) is 13.2. The van der Waals surface area contributed by atoms with Gasteiger partial charge in [-0.25, -0.2) is 15.0 Å². The van der Waals surface area contributed by atoms with Crippen LogP contribution in [0, 0.1) is 24.7 Å². The number of nitrogens with zero attached hydrogens (tertiary/aromatic N) is 4. The molecule has 3 atom stereocenters. The SMILES string of the molecule is Cc1ncsc1C(=O)N1C[C@H]2CC[C@H](Cc3cncnc3)[C@H]2C1. The number of carbonyl (C=O) groups excluding carboxylic acids is 1. The molecule has 2 aromatic rings. The molecule has 0 aromatic carbocycles. The van der Waals surface area contributed by atoms with Crippen molar-refractivity contribution >= 4 is 17.2 Å². The third-order valence-electron chi connectivity index (χ3n) is 5.34. The number of rotatable bonds is 3. The van der Waals surface area contributed by atoms with Crippen LogP contribution in [-0.2, 0) is 6.42 Å². The Bertz CT molecular complexity index is 702. The number of hydrogen-bond acceptors (Lipinski definition) is 5. The summed E-state index contributed by atoms with van der Waals surface area (Å²) in [6, 6.07) is 0. The van der Waals surface area contributed by atoms with Crippen LogP contribution in [0.3, 0.4) is 0 Å². The van der Waals surface area contributed by atoms with Gasteiger partial charge in [0.05, 0.1) is 11.2 Å². The minimum absolute atomic E-state index is 0.168. The van der Waals surface area contributed by atoms with Crippen LogP contribution in [0.1, 0.15) is 33.8 Å². The Morgan fingerprint density at radius 2 is 2.13 bits per heavy atom. The van der Waals surface area contributed by atoms with Crippen LogP contribution in [0.2, 0.25) is 0 Å². The van der Waals surface area contributed by atoms with E-state index >= 15 is 0 Å². The first-order chi connectivity index (χ1) is 11.2.